The summed E-state index contributed by atoms with van der Waals surface area (Å²) in [6.45, 7) is 5.39. The average Bonchev–Trinajstić information content (AvgIpc) is 2.50. The molecular weight excluding hydrogens is 312 g/mol. The topological polar surface area (TPSA) is 82.8 Å². The molecule has 0 amide bonds. The van der Waals surface area contributed by atoms with Crippen molar-refractivity contribution in [3.8, 4) is 5.75 Å². The van der Waals surface area contributed by atoms with Crippen LogP contribution in [0.1, 0.15) is 37.8 Å². The molecule has 0 aliphatic heterocycles. The Labute approximate surface area is 139 Å². The van der Waals surface area contributed by atoms with Gasteiger partial charge in [0, 0.05) is 30.9 Å². The van der Waals surface area contributed by atoms with Crippen LogP contribution in [0, 0.1) is 6.92 Å². The Morgan fingerprint density at radius 1 is 1.21 bits per heavy atom. The van der Waals surface area contributed by atoms with Gasteiger partial charge in [-0.25, -0.2) is 4.79 Å². The molecule has 0 aliphatic rings. The minimum atomic E-state index is -0.487. The monoisotopic (exact) mass is 332 g/mol. The van der Waals surface area contributed by atoms with Crippen LogP contribution in [-0.4, -0.2) is 18.5 Å². The first kappa shape index (κ1) is 17.7. The van der Waals surface area contributed by atoms with Crippen LogP contribution < -0.4 is 10.4 Å². The molecule has 0 radical (unpaired) electrons. The molecule has 6 heteroatoms. The number of hydrogen-bond donors (Lipinski definition) is 0. The maximum Gasteiger partial charge on any atom is 0.336 e. The molecule has 0 N–H and O–H groups in total. The van der Waals surface area contributed by atoms with E-state index >= 15 is 0 Å². The van der Waals surface area contributed by atoms with Crippen molar-refractivity contribution >= 4 is 22.9 Å². The zero-order chi connectivity index (χ0) is 17.7. The minimum Gasteiger partial charge on any atom is -0.466 e. The first-order valence-corrected chi connectivity index (χ1v) is 7.82. The van der Waals surface area contributed by atoms with E-state index in [1.54, 1.807) is 13.0 Å². The Morgan fingerprint density at radius 3 is 2.62 bits per heavy atom. The van der Waals surface area contributed by atoms with E-state index in [1.165, 1.54) is 19.1 Å². The van der Waals surface area contributed by atoms with Crippen molar-refractivity contribution in [2.45, 2.75) is 40.0 Å². The minimum absolute atomic E-state index is 0.176. The summed E-state index contributed by atoms with van der Waals surface area (Å²) < 4.78 is 15.4. The van der Waals surface area contributed by atoms with Crippen LogP contribution in [0.3, 0.4) is 0 Å². The van der Waals surface area contributed by atoms with Gasteiger partial charge in [0.2, 0.25) is 0 Å². The number of hydrogen-bond acceptors (Lipinski definition) is 6. The summed E-state index contributed by atoms with van der Waals surface area (Å²) in [5.74, 6) is -0.506. The molecule has 128 valence electrons. The quantitative estimate of drug-likeness (QED) is 0.459. The summed E-state index contributed by atoms with van der Waals surface area (Å²) in [5.41, 5.74) is 1.31. The van der Waals surface area contributed by atoms with E-state index in [0.717, 1.165) is 17.4 Å². The molecule has 0 aliphatic carbocycles. The normalized spacial score (nSPS) is 10.6. The van der Waals surface area contributed by atoms with Crippen LogP contribution in [0.5, 0.6) is 5.75 Å². The lowest BCUT2D eigenvalue weighted by atomic mass is 10.0. The van der Waals surface area contributed by atoms with E-state index in [1.807, 2.05) is 6.92 Å². The Hall–Kier alpha value is -2.63. The molecule has 2 aromatic rings. The van der Waals surface area contributed by atoms with Crippen molar-refractivity contribution in [3.05, 3.63) is 39.7 Å². The first-order valence-electron chi connectivity index (χ1n) is 7.82. The first-order chi connectivity index (χ1) is 11.4. The second kappa shape index (κ2) is 7.77. The summed E-state index contributed by atoms with van der Waals surface area (Å²) >= 11 is 0. The highest BCUT2D eigenvalue weighted by Crippen LogP contribution is 2.28. The molecule has 0 bridgehead atoms. The lowest BCUT2D eigenvalue weighted by Gasteiger charge is -2.11. The third kappa shape index (κ3) is 4.44. The molecule has 0 fully saturated rings. The number of fused-ring (bicyclic) bond motifs is 1. The summed E-state index contributed by atoms with van der Waals surface area (Å²) in [4.78, 5) is 34.5. The molecule has 2 rings (SSSR count). The van der Waals surface area contributed by atoms with Crippen molar-refractivity contribution in [3.63, 3.8) is 0 Å². The van der Waals surface area contributed by atoms with Crippen LogP contribution in [-0.2, 0) is 20.7 Å². The fraction of sp³-hybridized carbons (Fsp3) is 0.389. The molecule has 6 nitrogen and oxygen atoms in total. The number of carbonyl (C=O) groups excluding carboxylic acids is 2. The van der Waals surface area contributed by atoms with Gasteiger partial charge in [0.15, 0.2) is 0 Å². The standard InChI is InChI=1S/C18H20O6/c1-4-7-22-17(20)6-5-13-9-14-11(2)8-18(21)24-16(14)10-15(13)23-12(3)19/h8-10H,4-7H2,1-3H3. The Balaban J connectivity index is 2.36. The van der Waals surface area contributed by atoms with Gasteiger partial charge in [-0.15, -0.1) is 0 Å². The van der Waals surface area contributed by atoms with Gasteiger partial charge in [0.1, 0.15) is 11.3 Å². The van der Waals surface area contributed by atoms with Gasteiger partial charge in [-0.2, -0.15) is 0 Å². The van der Waals surface area contributed by atoms with Crippen molar-refractivity contribution in [1.29, 1.82) is 0 Å². The van der Waals surface area contributed by atoms with Crippen LogP contribution >= 0.6 is 0 Å². The van der Waals surface area contributed by atoms with Crippen LogP contribution in [0.2, 0.25) is 0 Å². The predicted molar refractivity (Wildman–Crippen MR) is 88.1 cm³/mol. The van der Waals surface area contributed by atoms with Gasteiger partial charge in [-0.1, -0.05) is 6.92 Å². The van der Waals surface area contributed by atoms with Crippen LogP contribution in [0.25, 0.3) is 11.0 Å². The Bertz CT molecular complexity index is 818. The molecule has 24 heavy (non-hydrogen) atoms. The van der Waals surface area contributed by atoms with Gasteiger partial charge in [0.05, 0.1) is 6.61 Å². The molecule has 0 spiro atoms. The molecule has 0 unspecified atom stereocenters. The molecule has 1 aromatic carbocycles. The molecule has 0 saturated heterocycles. The second-order valence-corrected chi connectivity index (χ2v) is 5.52. The van der Waals surface area contributed by atoms with E-state index in [4.69, 9.17) is 13.9 Å². The van der Waals surface area contributed by atoms with Crippen LogP contribution in [0.15, 0.2) is 27.4 Å². The zero-order valence-corrected chi connectivity index (χ0v) is 14.0. The van der Waals surface area contributed by atoms with Crippen molar-refractivity contribution in [1.82, 2.24) is 0 Å². The van der Waals surface area contributed by atoms with Gasteiger partial charge in [0.25, 0.3) is 0 Å². The maximum absolute atomic E-state index is 11.7. The van der Waals surface area contributed by atoms with Crippen molar-refractivity contribution in [2.24, 2.45) is 0 Å². The molecule has 1 aromatic heterocycles. The number of benzene rings is 1. The number of esters is 2. The molecule has 0 saturated carbocycles. The van der Waals surface area contributed by atoms with Gasteiger partial charge < -0.3 is 13.9 Å². The average molecular weight is 332 g/mol. The third-order valence-electron chi connectivity index (χ3n) is 3.45. The maximum atomic E-state index is 11.7. The third-order valence-corrected chi connectivity index (χ3v) is 3.45. The Morgan fingerprint density at radius 2 is 1.96 bits per heavy atom. The highest BCUT2D eigenvalue weighted by molar-refractivity contribution is 5.84. The summed E-state index contributed by atoms with van der Waals surface area (Å²) in [7, 11) is 0. The van der Waals surface area contributed by atoms with Crippen LogP contribution in [0.4, 0.5) is 0 Å². The van der Waals surface area contributed by atoms with Gasteiger partial charge in [-0.3, -0.25) is 9.59 Å². The summed E-state index contributed by atoms with van der Waals surface area (Å²) in [5, 5.41) is 0.738. The molecule has 1 heterocycles. The predicted octanol–water partition coefficient (Wildman–Crippen LogP) is 2.91. The van der Waals surface area contributed by atoms with Crippen molar-refractivity contribution < 1.29 is 23.5 Å². The number of aryl methyl sites for hydroxylation is 2. The smallest absolute Gasteiger partial charge is 0.336 e. The second-order valence-electron chi connectivity index (χ2n) is 5.52. The lowest BCUT2D eigenvalue weighted by molar-refractivity contribution is -0.143. The van der Waals surface area contributed by atoms with E-state index in [9.17, 15) is 14.4 Å². The largest absolute Gasteiger partial charge is 0.466 e. The van der Waals surface area contributed by atoms with E-state index in [0.29, 0.717) is 24.2 Å². The fourth-order valence-corrected chi connectivity index (χ4v) is 2.36. The van der Waals surface area contributed by atoms with Gasteiger partial charge >= 0.3 is 17.6 Å². The number of carbonyl (C=O) groups is 2. The van der Waals surface area contributed by atoms with E-state index in [-0.39, 0.29) is 18.1 Å². The number of ether oxygens (including phenoxy) is 2. The molecular formula is C18H20O6. The van der Waals surface area contributed by atoms with Crippen molar-refractivity contribution in [2.75, 3.05) is 6.61 Å². The summed E-state index contributed by atoms with van der Waals surface area (Å²) in [6.07, 6.45) is 1.30. The zero-order valence-electron chi connectivity index (χ0n) is 14.0. The Kier molecular flexibility index (Phi) is 5.73. The highest BCUT2D eigenvalue weighted by atomic mass is 16.5. The SMILES string of the molecule is CCCOC(=O)CCc1cc2c(C)cc(=O)oc2cc1OC(C)=O. The van der Waals surface area contributed by atoms with E-state index in [2.05, 4.69) is 0 Å². The molecule has 0 atom stereocenters. The van der Waals surface area contributed by atoms with E-state index < -0.39 is 11.6 Å². The fourth-order valence-electron chi connectivity index (χ4n) is 2.36. The van der Waals surface area contributed by atoms with Gasteiger partial charge in [-0.05, 0) is 37.0 Å². The number of rotatable bonds is 6. The summed E-state index contributed by atoms with van der Waals surface area (Å²) in [6, 6.07) is 4.68. The lowest BCUT2D eigenvalue weighted by Crippen LogP contribution is -2.09. The highest BCUT2D eigenvalue weighted by Gasteiger charge is 2.14.